The van der Waals surface area contributed by atoms with E-state index in [4.69, 9.17) is 39.1 Å². The highest BCUT2D eigenvalue weighted by Crippen LogP contribution is 2.34. The number of amides is 1. The third-order valence-electron chi connectivity index (χ3n) is 6.71. The summed E-state index contributed by atoms with van der Waals surface area (Å²) in [6.07, 6.45) is 3.95. The number of nitrogens with zero attached hydrogens (tertiary/aromatic N) is 2. The number of hydrogen-bond acceptors (Lipinski definition) is 11. The first-order valence-corrected chi connectivity index (χ1v) is 14.9. The average molecular weight is 694 g/mol. The summed E-state index contributed by atoms with van der Waals surface area (Å²) in [5, 5.41) is 35.5. The van der Waals surface area contributed by atoms with E-state index in [1.54, 1.807) is 26.2 Å². The average Bonchev–Trinajstić information content (AvgIpc) is 3.42. The normalized spacial score (nSPS) is 12.8. The summed E-state index contributed by atoms with van der Waals surface area (Å²) in [5.74, 6) is -2.56. The van der Waals surface area contributed by atoms with Crippen LogP contribution >= 0.6 is 0 Å². The molecule has 1 saturated heterocycles. The smallest absolute Gasteiger partial charge is 0.328 e. The molecule has 5 rings (SSSR count). The lowest BCUT2D eigenvalue weighted by Gasteiger charge is -2.26. The van der Waals surface area contributed by atoms with Crippen LogP contribution in [-0.2, 0) is 23.9 Å². The third-order valence-corrected chi connectivity index (χ3v) is 6.71. The van der Waals surface area contributed by atoms with Crippen molar-refractivity contribution in [1.82, 2.24) is 15.2 Å². The molecule has 0 bridgehead atoms. The molecule has 16 heteroatoms. The second-order valence-corrected chi connectivity index (χ2v) is 10.2. The molecule has 264 valence electrons. The number of benzene rings is 2. The Bertz CT molecular complexity index is 1830. The Morgan fingerprint density at radius 2 is 1.42 bits per heavy atom. The first-order valence-electron chi connectivity index (χ1n) is 14.9. The van der Waals surface area contributed by atoms with Crippen LogP contribution in [-0.4, -0.2) is 107 Å². The van der Waals surface area contributed by atoms with Gasteiger partial charge in [0.15, 0.2) is 0 Å². The van der Waals surface area contributed by atoms with Gasteiger partial charge in [0.25, 0.3) is 5.91 Å². The molecule has 1 aliphatic rings. The van der Waals surface area contributed by atoms with Crippen LogP contribution in [0.15, 0.2) is 77.4 Å². The maximum Gasteiger partial charge on any atom is 0.328 e. The van der Waals surface area contributed by atoms with Gasteiger partial charge in [0.2, 0.25) is 0 Å². The van der Waals surface area contributed by atoms with Crippen LogP contribution in [0.25, 0.3) is 21.9 Å². The van der Waals surface area contributed by atoms with Crippen LogP contribution in [0.4, 0.5) is 0 Å². The molecule has 0 unspecified atom stereocenters. The zero-order chi connectivity index (χ0) is 36.6. The number of carbonyl (C=O) groups is 5. The van der Waals surface area contributed by atoms with Crippen molar-refractivity contribution >= 4 is 51.7 Å². The summed E-state index contributed by atoms with van der Waals surface area (Å²) in [4.78, 5) is 57.2. The maximum absolute atomic E-state index is 12.2. The zero-order valence-corrected chi connectivity index (χ0v) is 27.0. The van der Waals surface area contributed by atoms with Crippen molar-refractivity contribution in [2.75, 3.05) is 46.5 Å². The highest BCUT2D eigenvalue weighted by atomic mass is 16.5. The third kappa shape index (κ3) is 12.1. The number of carboxylic acid groups (broad SMARTS) is 4. The second-order valence-electron chi connectivity index (χ2n) is 10.2. The number of aliphatic carboxylic acids is 4. The minimum Gasteiger partial charge on any atom is -0.492 e. The van der Waals surface area contributed by atoms with Crippen LogP contribution in [0.3, 0.4) is 0 Å². The predicted molar refractivity (Wildman–Crippen MR) is 178 cm³/mol. The van der Waals surface area contributed by atoms with Gasteiger partial charge in [-0.2, -0.15) is 0 Å². The van der Waals surface area contributed by atoms with Crippen molar-refractivity contribution in [3.8, 4) is 17.2 Å². The van der Waals surface area contributed by atoms with E-state index in [9.17, 15) is 24.0 Å². The SMILES string of the molecule is CNC(=O)c1c(C)oc2cc(Oc3ccnc4cc(OCCN5CCOCC5)ccc34)ccc12.O=C(O)C=CC(=O)O.O=C(O)C=CC(=O)O. The van der Waals surface area contributed by atoms with Gasteiger partial charge >= 0.3 is 23.9 Å². The molecule has 2 aromatic heterocycles. The standard InChI is InChI=1S/C26H27N3O5.2C4H4O4/c1-17-25(26(30)27-2)21-6-4-19(16-24(21)33-17)34-23-7-8-28-22-15-18(3-5-20(22)23)32-14-11-29-9-12-31-13-10-29;2*5-3(6)1-2-4(7)8/h3-8,15-16H,9-14H2,1-2H3,(H,27,30);2*1-2H,(H,5,6)(H,7,8). The fraction of sp³-hybridized carbons (Fsp3) is 0.235. The van der Waals surface area contributed by atoms with Crippen molar-refractivity contribution < 1.29 is 63.0 Å². The molecular weight excluding hydrogens is 658 g/mol. The minimum absolute atomic E-state index is 0.173. The Hall–Kier alpha value is -6.26. The molecule has 1 amide bonds. The van der Waals surface area contributed by atoms with E-state index in [0.717, 1.165) is 54.9 Å². The largest absolute Gasteiger partial charge is 0.492 e. The molecule has 5 N–H and O–H groups in total. The first kappa shape index (κ1) is 38.2. The molecule has 4 aromatic rings. The summed E-state index contributed by atoms with van der Waals surface area (Å²) in [7, 11) is 1.60. The van der Waals surface area contributed by atoms with E-state index >= 15 is 0 Å². The highest BCUT2D eigenvalue weighted by Gasteiger charge is 2.18. The highest BCUT2D eigenvalue weighted by molar-refractivity contribution is 6.07. The zero-order valence-electron chi connectivity index (χ0n) is 27.0. The molecule has 1 aliphatic heterocycles. The van der Waals surface area contributed by atoms with Crippen molar-refractivity contribution in [1.29, 1.82) is 0 Å². The van der Waals surface area contributed by atoms with Gasteiger partial charge in [-0.3, -0.25) is 14.7 Å². The summed E-state index contributed by atoms with van der Waals surface area (Å²) >= 11 is 0. The van der Waals surface area contributed by atoms with Crippen LogP contribution in [0, 0.1) is 6.92 Å². The Labute approximate surface area is 284 Å². The Kier molecular flexibility index (Phi) is 14.4. The van der Waals surface area contributed by atoms with Gasteiger partial charge in [-0.1, -0.05) is 0 Å². The van der Waals surface area contributed by atoms with E-state index < -0.39 is 23.9 Å². The number of furan rings is 1. The topological polar surface area (TPSA) is 235 Å². The molecule has 0 saturated carbocycles. The summed E-state index contributed by atoms with van der Waals surface area (Å²) in [6, 6.07) is 13.1. The molecule has 3 heterocycles. The number of morpholine rings is 1. The molecule has 0 radical (unpaired) electrons. The van der Waals surface area contributed by atoms with Crippen LogP contribution in [0.1, 0.15) is 16.1 Å². The van der Waals surface area contributed by atoms with Gasteiger partial charge in [0, 0.05) is 80.1 Å². The van der Waals surface area contributed by atoms with Gasteiger partial charge in [0.05, 0.1) is 24.3 Å². The molecule has 16 nitrogen and oxygen atoms in total. The fourth-order valence-electron chi connectivity index (χ4n) is 4.48. The van der Waals surface area contributed by atoms with Crippen LogP contribution in [0.2, 0.25) is 0 Å². The Morgan fingerprint density at radius 3 is 2.00 bits per heavy atom. The number of nitrogens with one attached hydrogen (secondary N) is 1. The molecular formula is C34H35N3O13. The molecule has 50 heavy (non-hydrogen) atoms. The van der Waals surface area contributed by atoms with Crippen molar-refractivity contribution in [3.05, 3.63) is 84.3 Å². The number of ether oxygens (including phenoxy) is 3. The van der Waals surface area contributed by atoms with Crippen molar-refractivity contribution in [2.24, 2.45) is 0 Å². The number of aromatic nitrogens is 1. The molecule has 0 aliphatic carbocycles. The number of hydrogen-bond donors (Lipinski definition) is 5. The van der Waals surface area contributed by atoms with Gasteiger partial charge in [-0.05, 0) is 37.3 Å². The van der Waals surface area contributed by atoms with E-state index in [1.807, 2.05) is 36.4 Å². The summed E-state index contributed by atoms with van der Waals surface area (Å²) in [6.45, 7) is 6.72. The lowest BCUT2D eigenvalue weighted by molar-refractivity contribution is -0.134. The molecule has 0 atom stereocenters. The molecule has 1 fully saturated rings. The van der Waals surface area contributed by atoms with E-state index in [1.165, 1.54) is 0 Å². The quantitative estimate of drug-likeness (QED) is 0.141. The van der Waals surface area contributed by atoms with Gasteiger partial charge < -0.3 is 44.4 Å². The van der Waals surface area contributed by atoms with Crippen molar-refractivity contribution in [2.45, 2.75) is 6.92 Å². The lowest BCUT2D eigenvalue weighted by atomic mass is 10.1. The lowest BCUT2D eigenvalue weighted by Crippen LogP contribution is -2.38. The Morgan fingerprint density at radius 1 is 0.840 bits per heavy atom. The summed E-state index contributed by atoms with van der Waals surface area (Å²) < 4.78 is 23.3. The maximum atomic E-state index is 12.2. The number of fused-ring (bicyclic) bond motifs is 2. The van der Waals surface area contributed by atoms with Crippen LogP contribution in [0.5, 0.6) is 17.2 Å². The number of aryl methyl sites for hydroxylation is 1. The van der Waals surface area contributed by atoms with Gasteiger partial charge in [-0.25, -0.2) is 19.2 Å². The van der Waals surface area contributed by atoms with Crippen LogP contribution < -0.4 is 14.8 Å². The van der Waals surface area contributed by atoms with Crippen molar-refractivity contribution in [3.63, 3.8) is 0 Å². The predicted octanol–water partition coefficient (Wildman–Crippen LogP) is 3.58. The molecule has 2 aromatic carbocycles. The summed E-state index contributed by atoms with van der Waals surface area (Å²) in [5.41, 5.74) is 1.93. The monoisotopic (exact) mass is 693 g/mol. The second kappa shape index (κ2) is 18.9. The van der Waals surface area contributed by atoms with E-state index in [0.29, 0.717) is 59.3 Å². The fourth-order valence-corrected chi connectivity index (χ4v) is 4.48. The van der Waals surface area contributed by atoms with E-state index in [2.05, 4.69) is 15.2 Å². The van der Waals surface area contributed by atoms with Gasteiger partial charge in [-0.15, -0.1) is 0 Å². The first-order chi connectivity index (χ1) is 23.9. The number of rotatable bonds is 11. The number of pyridine rings is 1. The Balaban J connectivity index is 0.000000352. The van der Waals surface area contributed by atoms with E-state index in [-0.39, 0.29) is 5.91 Å². The number of carboxylic acids is 4. The minimum atomic E-state index is -1.26. The van der Waals surface area contributed by atoms with Gasteiger partial charge in [0.1, 0.15) is 35.2 Å². The number of carbonyl (C=O) groups excluding carboxylic acids is 1. The molecule has 0 spiro atoms.